The fourth-order valence-electron chi connectivity index (χ4n) is 2.78. The second-order valence-corrected chi connectivity index (χ2v) is 8.57. The molecule has 25 heavy (non-hydrogen) atoms. The van der Waals surface area contributed by atoms with Crippen LogP contribution >= 0.6 is 22.7 Å². The lowest BCUT2D eigenvalue weighted by Crippen LogP contribution is -2.03. The van der Waals surface area contributed by atoms with Crippen molar-refractivity contribution in [2.75, 3.05) is 0 Å². The molecule has 134 valence electrons. The molecule has 0 amide bonds. The monoisotopic (exact) mass is 376 g/mol. The van der Waals surface area contributed by atoms with Gasteiger partial charge in [0, 0.05) is 35.2 Å². The van der Waals surface area contributed by atoms with Gasteiger partial charge in [0.25, 0.3) is 0 Å². The predicted octanol–water partition coefficient (Wildman–Crippen LogP) is 5.56. The average Bonchev–Trinajstić information content (AvgIpc) is 3.20. The summed E-state index contributed by atoms with van der Waals surface area (Å²) < 4.78 is 0. The molecule has 0 spiro atoms. The molecule has 0 saturated heterocycles. The summed E-state index contributed by atoms with van der Waals surface area (Å²) in [5, 5.41) is 3.82. The Morgan fingerprint density at radius 3 is 2.52 bits per heavy atom. The van der Waals surface area contributed by atoms with Crippen molar-refractivity contribution in [3.05, 3.63) is 21.6 Å². The van der Waals surface area contributed by atoms with Crippen molar-refractivity contribution in [1.29, 1.82) is 0 Å². The Balaban J connectivity index is 1.61. The number of unbranched alkanes of at least 4 members (excludes halogenated alkanes) is 2. The van der Waals surface area contributed by atoms with E-state index in [1.54, 1.807) is 22.7 Å². The van der Waals surface area contributed by atoms with Gasteiger partial charge in [0.05, 0.1) is 0 Å². The number of hydrogen-bond acceptors (Lipinski definition) is 6. The molecule has 0 radical (unpaired) electrons. The topological polar surface area (TPSA) is 59.9 Å². The van der Waals surface area contributed by atoms with Crippen molar-refractivity contribution in [3.8, 4) is 10.0 Å². The molecule has 0 aliphatic heterocycles. The van der Waals surface area contributed by atoms with E-state index in [1.807, 2.05) is 19.2 Å². The van der Waals surface area contributed by atoms with Crippen LogP contribution in [0, 0.1) is 6.92 Å². The third kappa shape index (κ3) is 4.82. The lowest BCUT2D eigenvalue weighted by atomic mass is 10.0. The SMILES string of the molecule is CCC(=O)CCCCCC(=O)c1nc(-c2nc(C)cs2)sc1C1CC1. The molecule has 0 atom stereocenters. The fourth-order valence-corrected chi connectivity index (χ4v) is 4.86. The minimum atomic E-state index is 0.152. The molecule has 3 rings (SSSR count). The van der Waals surface area contributed by atoms with E-state index in [-0.39, 0.29) is 5.78 Å². The van der Waals surface area contributed by atoms with Crippen LogP contribution < -0.4 is 0 Å². The summed E-state index contributed by atoms with van der Waals surface area (Å²) in [4.78, 5) is 34.3. The average molecular weight is 377 g/mol. The Bertz CT molecular complexity index is 759. The smallest absolute Gasteiger partial charge is 0.182 e. The van der Waals surface area contributed by atoms with Crippen LogP contribution in [0.4, 0.5) is 0 Å². The molecule has 1 aliphatic carbocycles. The number of aromatic nitrogens is 2. The van der Waals surface area contributed by atoms with E-state index in [0.29, 0.717) is 36.7 Å². The molecule has 0 N–H and O–H groups in total. The van der Waals surface area contributed by atoms with Crippen molar-refractivity contribution in [2.45, 2.75) is 71.1 Å². The number of hydrogen-bond donors (Lipinski definition) is 0. The maximum absolute atomic E-state index is 12.7. The highest BCUT2D eigenvalue weighted by Gasteiger charge is 2.32. The van der Waals surface area contributed by atoms with Gasteiger partial charge in [-0.25, -0.2) is 9.97 Å². The van der Waals surface area contributed by atoms with Gasteiger partial charge in [-0.2, -0.15) is 0 Å². The normalized spacial score (nSPS) is 14.0. The minimum absolute atomic E-state index is 0.152. The van der Waals surface area contributed by atoms with Crippen LogP contribution in [0.15, 0.2) is 5.38 Å². The van der Waals surface area contributed by atoms with E-state index in [2.05, 4.69) is 9.97 Å². The van der Waals surface area contributed by atoms with Crippen LogP contribution in [0.25, 0.3) is 10.0 Å². The molecular formula is C19H24N2O2S2. The molecule has 2 heterocycles. The Hall–Kier alpha value is -1.40. The summed E-state index contributed by atoms with van der Waals surface area (Å²) in [7, 11) is 0. The van der Waals surface area contributed by atoms with Gasteiger partial charge in [-0.1, -0.05) is 13.3 Å². The fraction of sp³-hybridized carbons (Fsp3) is 0.579. The van der Waals surface area contributed by atoms with Gasteiger partial charge >= 0.3 is 0 Å². The molecule has 0 aromatic carbocycles. The first-order chi connectivity index (χ1) is 12.1. The van der Waals surface area contributed by atoms with Crippen molar-refractivity contribution >= 4 is 34.2 Å². The zero-order valence-corrected chi connectivity index (χ0v) is 16.5. The first-order valence-corrected chi connectivity index (χ1v) is 10.8. The number of aryl methyl sites for hydroxylation is 1. The van der Waals surface area contributed by atoms with Gasteiger partial charge in [-0.3, -0.25) is 9.59 Å². The number of thiazole rings is 2. The van der Waals surface area contributed by atoms with Crippen molar-refractivity contribution in [1.82, 2.24) is 9.97 Å². The van der Waals surface area contributed by atoms with Crippen molar-refractivity contribution in [3.63, 3.8) is 0 Å². The first-order valence-electron chi connectivity index (χ1n) is 9.06. The molecule has 0 unspecified atom stereocenters. The summed E-state index contributed by atoms with van der Waals surface area (Å²) in [6.45, 7) is 3.87. The quantitative estimate of drug-likeness (QED) is 0.402. The predicted molar refractivity (Wildman–Crippen MR) is 103 cm³/mol. The minimum Gasteiger partial charge on any atom is -0.300 e. The first kappa shape index (κ1) is 18.4. The largest absolute Gasteiger partial charge is 0.300 e. The molecular weight excluding hydrogens is 352 g/mol. The Morgan fingerprint density at radius 1 is 1.12 bits per heavy atom. The molecule has 1 fully saturated rings. The highest BCUT2D eigenvalue weighted by atomic mass is 32.1. The molecule has 2 aromatic rings. The van der Waals surface area contributed by atoms with E-state index < -0.39 is 0 Å². The lowest BCUT2D eigenvalue weighted by molar-refractivity contribution is -0.118. The molecule has 0 bridgehead atoms. The van der Waals surface area contributed by atoms with Gasteiger partial charge in [0.15, 0.2) is 15.8 Å². The molecule has 1 aliphatic rings. The summed E-state index contributed by atoms with van der Waals surface area (Å²) in [5.41, 5.74) is 1.68. The van der Waals surface area contributed by atoms with Gasteiger partial charge in [0.1, 0.15) is 11.5 Å². The highest BCUT2D eigenvalue weighted by Crippen LogP contribution is 2.46. The maximum atomic E-state index is 12.7. The zero-order valence-electron chi connectivity index (χ0n) is 14.8. The number of carbonyl (C=O) groups is 2. The van der Waals surface area contributed by atoms with Gasteiger partial charge in [-0.05, 0) is 38.5 Å². The summed E-state index contributed by atoms with van der Waals surface area (Å²) in [5.74, 6) is 0.984. The number of rotatable bonds is 10. The van der Waals surface area contributed by atoms with E-state index in [9.17, 15) is 9.59 Å². The second kappa shape index (κ2) is 8.32. The summed E-state index contributed by atoms with van der Waals surface area (Å²) in [6, 6.07) is 0. The number of carbonyl (C=O) groups excluding carboxylic acids is 2. The third-order valence-corrected chi connectivity index (χ3v) is 6.74. The van der Waals surface area contributed by atoms with Gasteiger partial charge < -0.3 is 0 Å². The van der Waals surface area contributed by atoms with E-state index in [1.165, 1.54) is 0 Å². The van der Waals surface area contributed by atoms with Crippen LogP contribution in [0.5, 0.6) is 0 Å². The van der Waals surface area contributed by atoms with Crippen LogP contribution in [-0.4, -0.2) is 21.5 Å². The maximum Gasteiger partial charge on any atom is 0.182 e. The second-order valence-electron chi connectivity index (χ2n) is 6.68. The standard InChI is InChI=1S/C19H24N2O2S2/c1-3-14(22)7-5-4-6-8-15(23)16-17(13-9-10-13)25-19(21-16)18-20-12(2)11-24-18/h11,13H,3-10H2,1-2H3. The van der Waals surface area contributed by atoms with Crippen LogP contribution in [0.3, 0.4) is 0 Å². The van der Waals surface area contributed by atoms with Crippen LogP contribution in [0.2, 0.25) is 0 Å². The third-order valence-electron chi connectivity index (χ3n) is 4.42. The Kier molecular flexibility index (Phi) is 6.12. The number of nitrogens with zero attached hydrogens (tertiary/aromatic N) is 2. The van der Waals surface area contributed by atoms with E-state index in [4.69, 9.17) is 0 Å². The van der Waals surface area contributed by atoms with Crippen LogP contribution in [-0.2, 0) is 4.79 Å². The van der Waals surface area contributed by atoms with E-state index in [0.717, 1.165) is 52.7 Å². The molecule has 2 aromatic heterocycles. The van der Waals surface area contributed by atoms with Crippen LogP contribution in [0.1, 0.15) is 85.3 Å². The van der Waals surface area contributed by atoms with Crippen molar-refractivity contribution in [2.24, 2.45) is 0 Å². The van der Waals surface area contributed by atoms with E-state index >= 15 is 0 Å². The summed E-state index contributed by atoms with van der Waals surface area (Å²) >= 11 is 3.24. The highest BCUT2D eigenvalue weighted by molar-refractivity contribution is 7.21. The number of Topliss-reactive ketones (excluding diaryl/α,β-unsaturated/α-hetero) is 2. The van der Waals surface area contributed by atoms with Gasteiger partial charge in [0.2, 0.25) is 0 Å². The zero-order chi connectivity index (χ0) is 17.8. The van der Waals surface area contributed by atoms with Gasteiger partial charge in [-0.15, -0.1) is 22.7 Å². The number of ketones is 2. The molecule has 4 nitrogen and oxygen atoms in total. The van der Waals surface area contributed by atoms with Crippen molar-refractivity contribution < 1.29 is 9.59 Å². The Morgan fingerprint density at radius 2 is 1.88 bits per heavy atom. The molecule has 6 heteroatoms. The Labute approximate surface area is 156 Å². The summed E-state index contributed by atoms with van der Waals surface area (Å²) in [6.07, 6.45) is 6.76. The lowest BCUT2D eigenvalue weighted by Gasteiger charge is -2.01. The molecule has 1 saturated carbocycles.